The van der Waals surface area contributed by atoms with E-state index in [1.165, 1.54) is 0 Å². The topological polar surface area (TPSA) is 64.3 Å². The van der Waals surface area contributed by atoms with Gasteiger partial charge in [0.15, 0.2) is 6.10 Å². The standard InChI is InChI=1S/C13H18Cl2N2O2.ClH/c1-8(16)6-7-17-13(18)9(2)19-11-5-3-4-10(14)12(11)15;/h3-5,8-9H,6-7,16H2,1-2H3,(H,17,18);1H. The highest BCUT2D eigenvalue weighted by Crippen LogP contribution is 2.31. The number of nitrogens with one attached hydrogen (secondary N) is 1. The maximum absolute atomic E-state index is 11.8. The van der Waals surface area contributed by atoms with Crippen LogP contribution in [0.4, 0.5) is 0 Å². The lowest BCUT2D eigenvalue weighted by Crippen LogP contribution is -2.38. The third kappa shape index (κ3) is 6.18. The van der Waals surface area contributed by atoms with E-state index in [4.69, 9.17) is 33.7 Å². The Morgan fingerprint density at radius 3 is 2.65 bits per heavy atom. The van der Waals surface area contributed by atoms with Crippen molar-refractivity contribution in [3.05, 3.63) is 28.2 Å². The quantitative estimate of drug-likeness (QED) is 0.836. The summed E-state index contributed by atoms with van der Waals surface area (Å²) >= 11 is 11.9. The molecule has 0 heterocycles. The van der Waals surface area contributed by atoms with E-state index in [1.54, 1.807) is 25.1 Å². The van der Waals surface area contributed by atoms with Crippen LogP contribution >= 0.6 is 35.6 Å². The van der Waals surface area contributed by atoms with Gasteiger partial charge >= 0.3 is 0 Å². The Bertz CT molecular complexity index is 442. The predicted octanol–water partition coefficient (Wildman–Crippen LogP) is 3.04. The van der Waals surface area contributed by atoms with Gasteiger partial charge in [-0.15, -0.1) is 12.4 Å². The lowest BCUT2D eigenvalue weighted by atomic mass is 10.2. The summed E-state index contributed by atoms with van der Waals surface area (Å²) in [5.41, 5.74) is 5.60. The molecule has 0 fully saturated rings. The summed E-state index contributed by atoms with van der Waals surface area (Å²) in [5, 5.41) is 3.45. The molecule has 1 rings (SSSR count). The average molecular weight is 342 g/mol. The van der Waals surface area contributed by atoms with Crippen LogP contribution in [0.1, 0.15) is 20.3 Å². The van der Waals surface area contributed by atoms with Crippen LogP contribution in [0.3, 0.4) is 0 Å². The van der Waals surface area contributed by atoms with Crippen LogP contribution in [0, 0.1) is 0 Å². The Hall–Kier alpha value is -0.680. The molecule has 2 unspecified atom stereocenters. The van der Waals surface area contributed by atoms with Crippen LogP contribution in [0.25, 0.3) is 0 Å². The average Bonchev–Trinajstić information content (AvgIpc) is 2.34. The fourth-order valence-electron chi connectivity index (χ4n) is 1.39. The van der Waals surface area contributed by atoms with Gasteiger partial charge in [0.2, 0.25) is 0 Å². The summed E-state index contributed by atoms with van der Waals surface area (Å²) in [6.07, 6.45) is 0.0696. The molecule has 1 aromatic carbocycles. The number of nitrogens with two attached hydrogens (primary N) is 1. The molecule has 7 heteroatoms. The molecule has 20 heavy (non-hydrogen) atoms. The summed E-state index contributed by atoms with van der Waals surface area (Å²) in [5.74, 6) is 0.181. The number of benzene rings is 1. The van der Waals surface area contributed by atoms with E-state index in [2.05, 4.69) is 5.32 Å². The van der Waals surface area contributed by atoms with E-state index in [1.807, 2.05) is 6.92 Å². The number of ether oxygens (including phenoxy) is 1. The molecule has 0 radical (unpaired) electrons. The van der Waals surface area contributed by atoms with Gasteiger partial charge in [-0.25, -0.2) is 0 Å². The first-order chi connectivity index (χ1) is 8.91. The summed E-state index contributed by atoms with van der Waals surface area (Å²) in [6, 6.07) is 5.09. The molecule has 4 nitrogen and oxygen atoms in total. The molecule has 2 atom stereocenters. The van der Waals surface area contributed by atoms with Gasteiger partial charge in [-0.3, -0.25) is 4.79 Å². The fourth-order valence-corrected chi connectivity index (χ4v) is 1.72. The zero-order valence-electron chi connectivity index (χ0n) is 11.4. The highest BCUT2D eigenvalue weighted by atomic mass is 35.5. The summed E-state index contributed by atoms with van der Waals surface area (Å²) in [6.45, 7) is 4.06. The third-order valence-electron chi connectivity index (χ3n) is 2.49. The van der Waals surface area contributed by atoms with Crippen LogP contribution in [-0.4, -0.2) is 24.6 Å². The number of amides is 1. The van der Waals surface area contributed by atoms with Crippen LogP contribution < -0.4 is 15.8 Å². The molecule has 0 bridgehead atoms. The molecule has 0 saturated carbocycles. The molecule has 0 aliphatic heterocycles. The Balaban J connectivity index is 0.00000361. The van der Waals surface area contributed by atoms with Crippen LogP contribution in [0.5, 0.6) is 5.75 Å². The predicted molar refractivity (Wildman–Crippen MR) is 85.1 cm³/mol. The monoisotopic (exact) mass is 340 g/mol. The van der Waals surface area contributed by atoms with E-state index in [0.717, 1.165) is 6.42 Å². The van der Waals surface area contributed by atoms with Crippen molar-refractivity contribution in [2.24, 2.45) is 5.73 Å². The van der Waals surface area contributed by atoms with Crippen molar-refractivity contribution in [3.8, 4) is 5.75 Å². The number of hydrogen-bond acceptors (Lipinski definition) is 3. The third-order valence-corrected chi connectivity index (χ3v) is 3.29. The largest absolute Gasteiger partial charge is 0.479 e. The highest BCUT2D eigenvalue weighted by molar-refractivity contribution is 6.42. The van der Waals surface area contributed by atoms with Crippen molar-refractivity contribution in [1.29, 1.82) is 0 Å². The van der Waals surface area contributed by atoms with Gasteiger partial charge in [0.1, 0.15) is 10.8 Å². The molecule has 114 valence electrons. The van der Waals surface area contributed by atoms with Gasteiger partial charge < -0.3 is 15.8 Å². The van der Waals surface area contributed by atoms with Crippen molar-refractivity contribution in [3.63, 3.8) is 0 Å². The van der Waals surface area contributed by atoms with Gasteiger partial charge in [0, 0.05) is 12.6 Å². The molecule has 1 aromatic rings. The summed E-state index contributed by atoms with van der Waals surface area (Å²) in [7, 11) is 0. The first kappa shape index (κ1) is 19.3. The van der Waals surface area contributed by atoms with Crippen LogP contribution in [0.15, 0.2) is 18.2 Å². The highest BCUT2D eigenvalue weighted by Gasteiger charge is 2.16. The van der Waals surface area contributed by atoms with Gasteiger partial charge in [0.25, 0.3) is 5.91 Å². The molecule has 1 amide bonds. The minimum absolute atomic E-state index is 0. The molecule has 0 spiro atoms. The lowest BCUT2D eigenvalue weighted by molar-refractivity contribution is -0.127. The summed E-state index contributed by atoms with van der Waals surface area (Å²) in [4.78, 5) is 11.8. The van der Waals surface area contributed by atoms with Crippen LogP contribution in [-0.2, 0) is 4.79 Å². The molecule has 0 aromatic heterocycles. The number of rotatable bonds is 6. The maximum Gasteiger partial charge on any atom is 0.260 e. The summed E-state index contributed by atoms with van der Waals surface area (Å²) < 4.78 is 5.49. The zero-order valence-corrected chi connectivity index (χ0v) is 13.7. The van der Waals surface area contributed by atoms with E-state index in [0.29, 0.717) is 22.3 Å². The van der Waals surface area contributed by atoms with E-state index >= 15 is 0 Å². The molecular weight excluding hydrogens is 323 g/mol. The number of carbonyl (C=O) groups is 1. The number of hydrogen-bond donors (Lipinski definition) is 2. The molecule has 3 N–H and O–H groups in total. The van der Waals surface area contributed by atoms with Gasteiger partial charge in [-0.05, 0) is 32.4 Å². The Kier molecular flexibility index (Phi) is 8.98. The molecule has 0 saturated heterocycles. The van der Waals surface area contributed by atoms with Crippen molar-refractivity contribution in [2.75, 3.05) is 6.54 Å². The SMILES string of the molecule is CC(N)CCNC(=O)C(C)Oc1cccc(Cl)c1Cl.Cl. The number of carbonyl (C=O) groups excluding carboxylic acids is 1. The minimum Gasteiger partial charge on any atom is -0.479 e. The van der Waals surface area contributed by atoms with Gasteiger partial charge in [0.05, 0.1) is 5.02 Å². The van der Waals surface area contributed by atoms with Crippen molar-refractivity contribution >= 4 is 41.5 Å². The smallest absolute Gasteiger partial charge is 0.260 e. The Labute approximate surface area is 135 Å². The second-order valence-electron chi connectivity index (χ2n) is 4.37. The van der Waals surface area contributed by atoms with Crippen molar-refractivity contribution < 1.29 is 9.53 Å². The fraction of sp³-hybridized carbons (Fsp3) is 0.462. The second-order valence-corrected chi connectivity index (χ2v) is 5.15. The van der Waals surface area contributed by atoms with Gasteiger partial charge in [-0.2, -0.15) is 0 Å². The lowest BCUT2D eigenvalue weighted by Gasteiger charge is -2.16. The molecular formula is C13H19Cl3N2O2. The van der Waals surface area contributed by atoms with Crippen molar-refractivity contribution in [1.82, 2.24) is 5.32 Å². The van der Waals surface area contributed by atoms with Gasteiger partial charge in [-0.1, -0.05) is 29.3 Å². The zero-order chi connectivity index (χ0) is 14.4. The Morgan fingerprint density at radius 1 is 1.40 bits per heavy atom. The van der Waals surface area contributed by atoms with Crippen molar-refractivity contribution in [2.45, 2.75) is 32.4 Å². The van der Waals surface area contributed by atoms with Crippen LogP contribution in [0.2, 0.25) is 10.0 Å². The second kappa shape index (κ2) is 9.29. The van der Waals surface area contributed by atoms with E-state index in [-0.39, 0.29) is 24.4 Å². The van der Waals surface area contributed by atoms with E-state index in [9.17, 15) is 4.79 Å². The Morgan fingerprint density at radius 2 is 2.05 bits per heavy atom. The maximum atomic E-state index is 11.8. The van der Waals surface area contributed by atoms with E-state index < -0.39 is 6.10 Å². The first-order valence-electron chi connectivity index (χ1n) is 6.05. The first-order valence-corrected chi connectivity index (χ1v) is 6.81. The normalized spacial score (nSPS) is 13.1. The molecule has 0 aliphatic rings. The minimum atomic E-state index is -0.649. The molecule has 0 aliphatic carbocycles. The number of halogens is 3.